The molecule has 2 aromatic rings. The van der Waals surface area contributed by atoms with Crippen molar-refractivity contribution in [2.24, 2.45) is 0 Å². The van der Waals surface area contributed by atoms with E-state index in [4.69, 9.17) is 23.2 Å². The summed E-state index contributed by atoms with van der Waals surface area (Å²) >= 11 is 12.8. The second-order valence-corrected chi connectivity index (χ2v) is 12.1. The monoisotopic (exact) mass is 553 g/mol. The molecule has 2 amide bonds. The molecular weight excluding hydrogens is 521 g/mol. The molecule has 1 saturated carbocycles. The molecule has 1 atom stereocenters. The predicted octanol–water partition coefficient (Wildman–Crippen LogP) is 4.85. The number of carbonyl (C=O) groups is 2. The average molecular weight is 555 g/mol. The van der Waals surface area contributed by atoms with E-state index in [0.29, 0.717) is 21.3 Å². The van der Waals surface area contributed by atoms with Crippen LogP contribution in [0, 0.1) is 13.8 Å². The zero-order valence-electron chi connectivity index (χ0n) is 21.1. The largest absolute Gasteiger partial charge is 0.352 e. The number of anilines is 1. The van der Waals surface area contributed by atoms with Crippen molar-refractivity contribution in [3.63, 3.8) is 0 Å². The highest BCUT2D eigenvalue weighted by Gasteiger charge is 2.32. The van der Waals surface area contributed by atoms with Gasteiger partial charge in [0, 0.05) is 28.2 Å². The lowest BCUT2D eigenvalue weighted by Gasteiger charge is -2.32. The minimum atomic E-state index is -3.80. The lowest BCUT2D eigenvalue weighted by Crippen LogP contribution is -2.52. The van der Waals surface area contributed by atoms with Gasteiger partial charge < -0.3 is 10.2 Å². The summed E-state index contributed by atoms with van der Waals surface area (Å²) < 4.78 is 26.5. The molecule has 36 heavy (non-hydrogen) atoms. The first-order valence-electron chi connectivity index (χ1n) is 12.0. The van der Waals surface area contributed by atoms with Crippen molar-refractivity contribution in [1.82, 2.24) is 10.2 Å². The van der Waals surface area contributed by atoms with Crippen LogP contribution >= 0.6 is 23.2 Å². The van der Waals surface area contributed by atoms with E-state index < -0.39 is 28.5 Å². The normalized spacial score (nSPS) is 14.9. The molecule has 0 radical (unpaired) electrons. The number of sulfonamides is 1. The van der Waals surface area contributed by atoms with E-state index in [1.54, 1.807) is 37.3 Å². The maximum absolute atomic E-state index is 13.7. The van der Waals surface area contributed by atoms with E-state index in [2.05, 4.69) is 5.32 Å². The molecule has 2 aromatic carbocycles. The number of hydrogen-bond acceptors (Lipinski definition) is 4. The number of amides is 2. The minimum Gasteiger partial charge on any atom is -0.352 e. The van der Waals surface area contributed by atoms with Crippen molar-refractivity contribution < 1.29 is 18.0 Å². The minimum absolute atomic E-state index is 0.0406. The quantitative estimate of drug-likeness (QED) is 0.480. The standard InChI is InChI=1S/C26H33Cl2N3O4S/c1-17-12-13-21(14-18(17)2)31(36(4,34)35)16-25(32)30(15-22-23(27)10-7-11-24(22)28)19(3)26(33)29-20-8-5-6-9-20/h7,10-14,19-20H,5-6,8-9,15-16H2,1-4H3,(H,29,33)/t19-/m0/s1. The average Bonchev–Trinajstić information content (AvgIpc) is 3.31. The Morgan fingerprint density at radius 2 is 1.67 bits per heavy atom. The van der Waals surface area contributed by atoms with Gasteiger partial charge in [-0.1, -0.05) is 48.2 Å². The summed E-state index contributed by atoms with van der Waals surface area (Å²) in [5, 5.41) is 3.75. The van der Waals surface area contributed by atoms with E-state index in [1.165, 1.54) is 4.90 Å². The highest BCUT2D eigenvalue weighted by Crippen LogP contribution is 2.28. The molecule has 0 aliphatic heterocycles. The summed E-state index contributed by atoms with van der Waals surface area (Å²) in [6.07, 6.45) is 4.96. The zero-order valence-corrected chi connectivity index (χ0v) is 23.4. The molecule has 0 aromatic heterocycles. The SMILES string of the molecule is Cc1ccc(N(CC(=O)N(Cc2c(Cl)cccc2Cl)[C@@H](C)C(=O)NC2CCCC2)S(C)(=O)=O)cc1C. The van der Waals surface area contributed by atoms with Crippen molar-refractivity contribution in [2.45, 2.75) is 65.1 Å². The zero-order chi connectivity index (χ0) is 26.6. The van der Waals surface area contributed by atoms with Crippen LogP contribution in [0.3, 0.4) is 0 Å². The number of nitrogens with zero attached hydrogens (tertiary/aromatic N) is 2. The van der Waals surface area contributed by atoms with Crippen LogP contribution in [-0.2, 0) is 26.2 Å². The third-order valence-corrected chi connectivity index (χ3v) is 8.57. The molecule has 1 aliphatic rings. The van der Waals surface area contributed by atoms with Crippen LogP contribution in [0.2, 0.25) is 10.0 Å². The lowest BCUT2D eigenvalue weighted by atomic mass is 10.1. The molecule has 0 spiro atoms. The fourth-order valence-electron chi connectivity index (χ4n) is 4.32. The number of rotatable bonds is 9. The Morgan fingerprint density at radius 3 is 2.22 bits per heavy atom. The van der Waals surface area contributed by atoms with Crippen molar-refractivity contribution in [3.8, 4) is 0 Å². The van der Waals surface area contributed by atoms with Crippen LogP contribution in [0.1, 0.15) is 49.3 Å². The second kappa shape index (κ2) is 11.8. The summed E-state index contributed by atoms with van der Waals surface area (Å²) in [6.45, 7) is 4.93. The Morgan fingerprint density at radius 1 is 1.06 bits per heavy atom. The molecule has 0 bridgehead atoms. The molecule has 0 saturated heterocycles. The number of hydrogen-bond donors (Lipinski definition) is 1. The molecule has 10 heteroatoms. The predicted molar refractivity (Wildman–Crippen MR) is 145 cm³/mol. The van der Waals surface area contributed by atoms with Crippen molar-refractivity contribution >= 4 is 50.7 Å². The molecule has 0 unspecified atom stereocenters. The van der Waals surface area contributed by atoms with E-state index in [1.807, 2.05) is 19.9 Å². The van der Waals surface area contributed by atoms with Gasteiger partial charge in [0.2, 0.25) is 21.8 Å². The summed E-state index contributed by atoms with van der Waals surface area (Å²) in [6, 6.07) is 9.43. The Labute approximate surface area is 223 Å². The van der Waals surface area contributed by atoms with Gasteiger partial charge in [-0.05, 0) is 69.0 Å². The fourth-order valence-corrected chi connectivity index (χ4v) is 5.68. The summed E-state index contributed by atoms with van der Waals surface area (Å²) in [7, 11) is -3.80. The highest BCUT2D eigenvalue weighted by atomic mass is 35.5. The van der Waals surface area contributed by atoms with E-state index in [9.17, 15) is 18.0 Å². The van der Waals surface area contributed by atoms with Gasteiger partial charge in [-0.3, -0.25) is 13.9 Å². The first-order chi connectivity index (χ1) is 16.9. The van der Waals surface area contributed by atoms with Crippen LogP contribution < -0.4 is 9.62 Å². The molecular formula is C26H33Cl2N3O4S. The smallest absolute Gasteiger partial charge is 0.244 e. The molecule has 1 N–H and O–H groups in total. The topological polar surface area (TPSA) is 86.8 Å². The van der Waals surface area contributed by atoms with Gasteiger partial charge in [-0.15, -0.1) is 0 Å². The number of nitrogens with one attached hydrogen (secondary N) is 1. The van der Waals surface area contributed by atoms with E-state index in [-0.39, 0.29) is 18.5 Å². The molecule has 3 rings (SSSR count). The van der Waals surface area contributed by atoms with Gasteiger partial charge in [0.1, 0.15) is 12.6 Å². The van der Waals surface area contributed by atoms with Crippen molar-refractivity contribution in [1.29, 1.82) is 0 Å². The molecule has 1 aliphatic carbocycles. The first kappa shape index (κ1) is 28.3. The van der Waals surface area contributed by atoms with Crippen LogP contribution in [-0.4, -0.2) is 50.0 Å². The van der Waals surface area contributed by atoms with Crippen molar-refractivity contribution in [2.75, 3.05) is 17.1 Å². The molecule has 0 heterocycles. The van der Waals surface area contributed by atoms with Gasteiger partial charge in [0.25, 0.3) is 0 Å². The van der Waals surface area contributed by atoms with Gasteiger partial charge in [0.05, 0.1) is 11.9 Å². The number of carbonyl (C=O) groups excluding carboxylic acids is 2. The third kappa shape index (κ3) is 6.93. The Kier molecular flexibility index (Phi) is 9.30. The summed E-state index contributed by atoms with van der Waals surface area (Å²) in [5.41, 5.74) is 2.78. The summed E-state index contributed by atoms with van der Waals surface area (Å²) in [5.74, 6) is -0.834. The Hall–Kier alpha value is -2.29. The van der Waals surface area contributed by atoms with Gasteiger partial charge in [-0.2, -0.15) is 0 Å². The first-order valence-corrected chi connectivity index (χ1v) is 14.6. The van der Waals surface area contributed by atoms with Crippen LogP contribution in [0.4, 0.5) is 5.69 Å². The van der Waals surface area contributed by atoms with Crippen LogP contribution in [0.5, 0.6) is 0 Å². The van der Waals surface area contributed by atoms with E-state index in [0.717, 1.165) is 47.4 Å². The fraction of sp³-hybridized carbons (Fsp3) is 0.462. The van der Waals surface area contributed by atoms with Crippen molar-refractivity contribution in [3.05, 3.63) is 63.1 Å². The number of benzene rings is 2. The van der Waals surface area contributed by atoms with Gasteiger partial charge in [-0.25, -0.2) is 8.42 Å². The maximum atomic E-state index is 13.7. The van der Waals surface area contributed by atoms with Gasteiger partial charge in [0.15, 0.2) is 0 Å². The summed E-state index contributed by atoms with van der Waals surface area (Å²) in [4.78, 5) is 28.2. The molecule has 196 valence electrons. The lowest BCUT2D eigenvalue weighted by molar-refractivity contribution is -0.139. The third-order valence-electron chi connectivity index (χ3n) is 6.72. The highest BCUT2D eigenvalue weighted by molar-refractivity contribution is 7.92. The second-order valence-electron chi connectivity index (χ2n) is 9.43. The molecule has 7 nitrogen and oxygen atoms in total. The van der Waals surface area contributed by atoms with E-state index >= 15 is 0 Å². The molecule has 1 fully saturated rings. The number of aryl methyl sites for hydroxylation is 2. The van der Waals surface area contributed by atoms with Gasteiger partial charge >= 0.3 is 0 Å². The van der Waals surface area contributed by atoms with Crippen LogP contribution in [0.15, 0.2) is 36.4 Å². The van der Waals surface area contributed by atoms with Crippen LogP contribution in [0.25, 0.3) is 0 Å². The Bertz CT molecular complexity index is 1210. The maximum Gasteiger partial charge on any atom is 0.244 e. The Balaban J connectivity index is 1.94. The number of halogens is 2.